The SMILES string of the molecule is CCOC(=O)C1(C(=O)c2ccccn2)N=N1. The Labute approximate surface area is 91.4 Å². The molecule has 6 heteroatoms. The van der Waals surface area contributed by atoms with Gasteiger partial charge in [0.15, 0.2) is 0 Å². The number of ketones is 1. The summed E-state index contributed by atoms with van der Waals surface area (Å²) in [5, 5.41) is 6.98. The van der Waals surface area contributed by atoms with E-state index in [4.69, 9.17) is 4.74 Å². The molecule has 0 bridgehead atoms. The summed E-state index contributed by atoms with van der Waals surface area (Å²) >= 11 is 0. The molecule has 0 unspecified atom stereocenters. The standard InChI is InChI=1S/C10H9N3O3/c1-2-16-9(15)10(12-13-10)8(14)7-5-3-4-6-11-7/h3-6H,2H2,1H3. The molecule has 0 atom stereocenters. The Kier molecular flexibility index (Phi) is 2.47. The Morgan fingerprint density at radius 1 is 1.38 bits per heavy atom. The smallest absolute Gasteiger partial charge is 0.369 e. The molecule has 82 valence electrons. The van der Waals surface area contributed by atoms with Crippen LogP contribution in [0.25, 0.3) is 0 Å². The van der Waals surface area contributed by atoms with Crippen molar-refractivity contribution in [1.82, 2.24) is 4.98 Å². The Morgan fingerprint density at radius 2 is 2.12 bits per heavy atom. The van der Waals surface area contributed by atoms with Crippen LogP contribution in [0.1, 0.15) is 17.4 Å². The summed E-state index contributed by atoms with van der Waals surface area (Å²) in [4.78, 5) is 27.2. The molecule has 0 aromatic carbocycles. The van der Waals surface area contributed by atoms with E-state index in [0.717, 1.165) is 0 Å². The number of ether oxygens (including phenoxy) is 1. The Balaban J connectivity index is 2.20. The van der Waals surface area contributed by atoms with Gasteiger partial charge < -0.3 is 4.74 Å². The summed E-state index contributed by atoms with van der Waals surface area (Å²) < 4.78 is 4.74. The van der Waals surface area contributed by atoms with Crippen molar-refractivity contribution in [2.24, 2.45) is 10.2 Å². The largest absolute Gasteiger partial charge is 0.462 e. The minimum absolute atomic E-state index is 0.153. The van der Waals surface area contributed by atoms with Gasteiger partial charge in [0.25, 0.3) is 0 Å². The lowest BCUT2D eigenvalue weighted by atomic mass is 10.1. The molecule has 0 amide bonds. The van der Waals surface area contributed by atoms with Crippen molar-refractivity contribution in [3.05, 3.63) is 30.1 Å². The number of aromatic nitrogens is 1. The first-order chi connectivity index (χ1) is 7.70. The van der Waals surface area contributed by atoms with Gasteiger partial charge in [-0.1, -0.05) is 6.07 Å². The van der Waals surface area contributed by atoms with Crippen LogP contribution in [0, 0.1) is 0 Å². The summed E-state index contributed by atoms with van der Waals surface area (Å²) in [7, 11) is 0. The third-order valence-corrected chi connectivity index (χ3v) is 2.07. The molecule has 2 heterocycles. The van der Waals surface area contributed by atoms with Gasteiger partial charge in [0.05, 0.1) is 6.61 Å². The molecule has 16 heavy (non-hydrogen) atoms. The number of Topliss-reactive ketones (excluding diaryl/α,β-unsaturated/α-hetero) is 1. The highest BCUT2D eigenvalue weighted by Gasteiger charge is 2.58. The summed E-state index contributed by atoms with van der Waals surface area (Å²) in [5.74, 6) is -1.29. The molecule has 2 rings (SSSR count). The number of carbonyl (C=O) groups excluding carboxylic acids is 2. The topological polar surface area (TPSA) is 81.0 Å². The van der Waals surface area contributed by atoms with Crippen LogP contribution in [0.15, 0.2) is 34.6 Å². The van der Waals surface area contributed by atoms with E-state index in [-0.39, 0.29) is 12.3 Å². The van der Waals surface area contributed by atoms with Crippen LogP contribution in [-0.4, -0.2) is 29.0 Å². The lowest BCUT2D eigenvalue weighted by Gasteiger charge is -2.07. The Hall–Kier alpha value is -2.11. The fourth-order valence-corrected chi connectivity index (χ4v) is 1.22. The van der Waals surface area contributed by atoms with Crippen molar-refractivity contribution < 1.29 is 14.3 Å². The maximum Gasteiger partial charge on any atom is 0.369 e. The molecule has 1 aliphatic heterocycles. The third kappa shape index (κ3) is 1.58. The van der Waals surface area contributed by atoms with Crippen LogP contribution in [0.5, 0.6) is 0 Å². The maximum absolute atomic E-state index is 11.9. The first-order valence-corrected chi connectivity index (χ1v) is 4.78. The summed E-state index contributed by atoms with van der Waals surface area (Å²) in [6, 6.07) is 4.84. The van der Waals surface area contributed by atoms with Crippen LogP contribution in [-0.2, 0) is 9.53 Å². The minimum atomic E-state index is -1.69. The Bertz CT molecular complexity index is 450. The Morgan fingerprint density at radius 3 is 2.62 bits per heavy atom. The molecule has 0 aliphatic carbocycles. The molecule has 0 spiro atoms. The number of hydrogen-bond donors (Lipinski definition) is 0. The van der Waals surface area contributed by atoms with Gasteiger partial charge in [0, 0.05) is 6.20 Å². The van der Waals surface area contributed by atoms with Crippen molar-refractivity contribution in [3.8, 4) is 0 Å². The van der Waals surface area contributed by atoms with E-state index in [1.165, 1.54) is 12.3 Å². The molecular weight excluding hydrogens is 210 g/mol. The quantitative estimate of drug-likeness (QED) is 0.429. The van der Waals surface area contributed by atoms with Gasteiger partial charge in [-0.2, -0.15) is 0 Å². The fraction of sp³-hybridized carbons (Fsp3) is 0.300. The van der Waals surface area contributed by atoms with Crippen LogP contribution in [0.3, 0.4) is 0 Å². The second-order valence-corrected chi connectivity index (χ2v) is 3.14. The van der Waals surface area contributed by atoms with Gasteiger partial charge in [-0.3, -0.25) is 9.78 Å². The predicted molar refractivity (Wildman–Crippen MR) is 52.8 cm³/mol. The molecule has 0 N–H and O–H groups in total. The van der Waals surface area contributed by atoms with Crippen LogP contribution < -0.4 is 0 Å². The number of rotatable bonds is 4. The van der Waals surface area contributed by atoms with Gasteiger partial charge >= 0.3 is 11.6 Å². The highest BCUT2D eigenvalue weighted by atomic mass is 16.5. The number of nitrogens with zero attached hydrogens (tertiary/aromatic N) is 3. The van der Waals surface area contributed by atoms with Gasteiger partial charge in [0.2, 0.25) is 5.78 Å². The van der Waals surface area contributed by atoms with Gasteiger partial charge in [-0.25, -0.2) is 4.79 Å². The van der Waals surface area contributed by atoms with Crippen molar-refractivity contribution in [2.45, 2.75) is 12.6 Å². The zero-order valence-corrected chi connectivity index (χ0v) is 8.58. The van der Waals surface area contributed by atoms with Gasteiger partial charge in [-0.15, -0.1) is 10.2 Å². The van der Waals surface area contributed by atoms with E-state index in [1.54, 1.807) is 19.1 Å². The molecular formula is C10H9N3O3. The maximum atomic E-state index is 11.9. The van der Waals surface area contributed by atoms with Gasteiger partial charge in [-0.05, 0) is 19.1 Å². The third-order valence-electron chi connectivity index (χ3n) is 2.07. The van der Waals surface area contributed by atoms with E-state index in [2.05, 4.69) is 15.2 Å². The molecule has 6 nitrogen and oxygen atoms in total. The number of pyridine rings is 1. The van der Waals surface area contributed by atoms with Crippen molar-refractivity contribution in [3.63, 3.8) is 0 Å². The molecule has 0 fully saturated rings. The lowest BCUT2D eigenvalue weighted by Crippen LogP contribution is -2.36. The van der Waals surface area contributed by atoms with E-state index in [9.17, 15) is 9.59 Å². The first kappa shape index (κ1) is 10.4. The van der Waals surface area contributed by atoms with Crippen LogP contribution >= 0.6 is 0 Å². The first-order valence-electron chi connectivity index (χ1n) is 4.78. The molecule has 1 aromatic rings. The van der Waals surface area contributed by atoms with Gasteiger partial charge in [0.1, 0.15) is 5.69 Å². The normalized spacial score (nSPS) is 15.6. The zero-order valence-electron chi connectivity index (χ0n) is 8.58. The van der Waals surface area contributed by atoms with E-state index in [0.29, 0.717) is 0 Å². The fourth-order valence-electron chi connectivity index (χ4n) is 1.22. The van der Waals surface area contributed by atoms with Crippen molar-refractivity contribution >= 4 is 11.8 Å². The molecule has 0 radical (unpaired) electrons. The molecule has 1 aromatic heterocycles. The molecule has 0 saturated heterocycles. The van der Waals surface area contributed by atoms with E-state index in [1.807, 2.05) is 0 Å². The molecule has 1 aliphatic rings. The minimum Gasteiger partial charge on any atom is -0.462 e. The average molecular weight is 219 g/mol. The number of carbonyl (C=O) groups is 2. The number of esters is 1. The predicted octanol–water partition coefficient (Wildman–Crippen LogP) is 0.989. The van der Waals surface area contributed by atoms with Crippen molar-refractivity contribution in [1.29, 1.82) is 0 Å². The van der Waals surface area contributed by atoms with E-state index < -0.39 is 17.4 Å². The summed E-state index contributed by atoms with van der Waals surface area (Å²) in [5.41, 5.74) is -1.54. The lowest BCUT2D eigenvalue weighted by molar-refractivity contribution is -0.145. The monoisotopic (exact) mass is 219 g/mol. The summed E-state index contributed by atoms with van der Waals surface area (Å²) in [6.45, 7) is 1.83. The number of hydrogen-bond acceptors (Lipinski definition) is 6. The van der Waals surface area contributed by atoms with Crippen molar-refractivity contribution in [2.75, 3.05) is 6.61 Å². The highest BCUT2D eigenvalue weighted by molar-refractivity contribution is 6.17. The van der Waals surface area contributed by atoms with E-state index >= 15 is 0 Å². The second-order valence-electron chi connectivity index (χ2n) is 3.14. The van der Waals surface area contributed by atoms with Crippen LogP contribution in [0.2, 0.25) is 0 Å². The highest BCUT2D eigenvalue weighted by Crippen LogP contribution is 2.32. The van der Waals surface area contributed by atoms with Crippen LogP contribution in [0.4, 0.5) is 0 Å². The molecule has 0 saturated carbocycles. The zero-order chi connectivity index (χ0) is 11.6. The second kappa shape index (κ2) is 3.80. The summed E-state index contributed by atoms with van der Waals surface area (Å²) in [6.07, 6.45) is 1.47. The average Bonchev–Trinajstić information content (AvgIpc) is 3.11.